The predicted molar refractivity (Wildman–Crippen MR) is 128 cm³/mol. The molecule has 1 unspecified atom stereocenters. The van der Waals surface area contributed by atoms with Crippen molar-refractivity contribution in [2.75, 3.05) is 0 Å². The van der Waals surface area contributed by atoms with Crippen LogP contribution in [0.15, 0.2) is 23.3 Å². The maximum Gasteiger partial charge on any atom is 0.0569 e. The molecule has 0 spiro atoms. The van der Waals surface area contributed by atoms with E-state index in [9.17, 15) is 5.11 Å². The van der Waals surface area contributed by atoms with Gasteiger partial charge in [-0.15, -0.1) is 0 Å². The highest BCUT2D eigenvalue weighted by Crippen LogP contribution is 2.66. The lowest BCUT2D eigenvalue weighted by Gasteiger charge is -2.56. The second-order valence-electron chi connectivity index (χ2n) is 12.6. The van der Waals surface area contributed by atoms with Gasteiger partial charge in [0, 0.05) is 0 Å². The van der Waals surface area contributed by atoms with Gasteiger partial charge in [-0.1, -0.05) is 64.8 Å². The fourth-order valence-corrected chi connectivity index (χ4v) is 8.79. The fraction of sp³-hybridized carbons (Fsp3) is 0.862. The van der Waals surface area contributed by atoms with Gasteiger partial charge in [0.1, 0.15) is 0 Å². The van der Waals surface area contributed by atoms with Gasteiger partial charge in [0.15, 0.2) is 0 Å². The Hall–Kier alpha value is -0.560. The molecule has 2 fully saturated rings. The van der Waals surface area contributed by atoms with Gasteiger partial charge in [0.2, 0.25) is 0 Å². The number of fused-ring (bicyclic) bond motifs is 4. The van der Waals surface area contributed by atoms with Gasteiger partial charge in [-0.25, -0.2) is 0 Å². The third-order valence-electron chi connectivity index (χ3n) is 11.0. The smallest absolute Gasteiger partial charge is 0.0569 e. The zero-order chi connectivity index (χ0) is 21.8. The molecule has 4 aliphatic rings. The van der Waals surface area contributed by atoms with Gasteiger partial charge in [-0.05, 0) is 111 Å². The summed E-state index contributed by atoms with van der Waals surface area (Å²) in [4.78, 5) is 0. The van der Waals surface area contributed by atoms with E-state index in [1.165, 1.54) is 63.4 Å². The van der Waals surface area contributed by atoms with Crippen molar-refractivity contribution < 1.29 is 5.11 Å². The molecule has 30 heavy (non-hydrogen) atoms. The van der Waals surface area contributed by atoms with Crippen LogP contribution in [0.2, 0.25) is 0 Å². The standard InChI is InChI=1S/C29H48O/c1-18(2)19(3)8-9-20(4)23-12-13-25-22-10-11-24-21(5)27(30)15-17-29(24,7)26(22)14-16-28(23,25)6/h18,20-21,23-25,27,30H,3,8-17H2,1-2,4-7H3/t20-,21?,23-,24+,25+,27+,28-,29+/m1/s1. The minimum absolute atomic E-state index is 0.0728. The summed E-state index contributed by atoms with van der Waals surface area (Å²) < 4.78 is 0. The Morgan fingerprint density at radius 3 is 2.50 bits per heavy atom. The first-order valence-corrected chi connectivity index (χ1v) is 13.2. The highest BCUT2D eigenvalue weighted by atomic mass is 16.3. The molecule has 0 saturated heterocycles. The first-order valence-electron chi connectivity index (χ1n) is 13.2. The summed E-state index contributed by atoms with van der Waals surface area (Å²) in [6.45, 7) is 19.0. The Morgan fingerprint density at radius 1 is 1.07 bits per heavy atom. The predicted octanol–water partition coefficient (Wildman–Crippen LogP) is 7.94. The zero-order valence-electron chi connectivity index (χ0n) is 20.8. The van der Waals surface area contributed by atoms with E-state index in [0.29, 0.717) is 28.6 Å². The van der Waals surface area contributed by atoms with E-state index in [1.54, 1.807) is 0 Å². The summed E-state index contributed by atoms with van der Waals surface area (Å²) >= 11 is 0. The van der Waals surface area contributed by atoms with Crippen LogP contribution in [0, 0.1) is 46.3 Å². The normalized spacial score (nSPS) is 44.5. The van der Waals surface area contributed by atoms with E-state index in [-0.39, 0.29) is 6.10 Å². The van der Waals surface area contributed by atoms with Crippen LogP contribution in [-0.2, 0) is 0 Å². The molecule has 2 saturated carbocycles. The molecular weight excluding hydrogens is 364 g/mol. The first-order chi connectivity index (χ1) is 14.1. The van der Waals surface area contributed by atoms with Gasteiger partial charge in [-0.3, -0.25) is 0 Å². The van der Waals surface area contributed by atoms with Crippen LogP contribution in [0.25, 0.3) is 0 Å². The molecule has 4 aliphatic carbocycles. The second kappa shape index (κ2) is 8.09. The molecule has 8 atom stereocenters. The van der Waals surface area contributed by atoms with Crippen LogP contribution >= 0.6 is 0 Å². The van der Waals surface area contributed by atoms with Crippen molar-refractivity contribution in [1.29, 1.82) is 0 Å². The van der Waals surface area contributed by atoms with Gasteiger partial charge in [0.25, 0.3) is 0 Å². The molecule has 4 rings (SSSR count). The summed E-state index contributed by atoms with van der Waals surface area (Å²) in [6.07, 6.45) is 12.9. The lowest BCUT2D eigenvalue weighted by Crippen LogP contribution is -2.49. The number of allylic oxidation sites excluding steroid dienone is 3. The van der Waals surface area contributed by atoms with Gasteiger partial charge in [-0.2, -0.15) is 0 Å². The fourth-order valence-electron chi connectivity index (χ4n) is 8.79. The van der Waals surface area contributed by atoms with Crippen LogP contribution < -0.4 is 0 Å². The molecule has 0 radical (unpaired) electrons. The number of rotatable bonds is 5. The SMILES string of the molecule is C=C(CC[C@@H](C)[C@H]1CC[C@H]2C3=C(CC[C@]12C)[C@@]1(C)CC[C@H](O)C(C)[C@@H]1CC3)C(C)C. The highest BCUT2D eigenvalue weighted by molar-refractivity contribution is 5.34. The summed E-state index contributed by atoms with van der Waals surface area (Å²) in [5, 5.41) is 10.5. The lowest BCUT2D eigenvalue weighted by molar-refractivity contribution is -0.0336. The molecule has 0 heterocycles. The van der Waals surface area contributed by atoms with E-state index < -0.39 is 0 Å². The quantitative estimate of drug-likeness (QED) is 0.454. The molecule has 0 bridgehead atoms. The van der Waals surface area contributed by atoms with E-state index in [1.807, 2.05) is 11.1 Å². The van der Waals surface area contributed by atoms with Crippen molar-refractivity contribution in [3.8, 4) is 0 Å². The van der Waals surface area contributed by atoms with Gasteiger partial charge in [0.05, 0.1) is 6.10 Å². The van der Waals surface area contributed by atoms with Crippen molar-refractivity contribution in [1.82, 2.24) is 0 Å². The minimum atomic E-state index is -0.0728. The van der Waals surface area contributed by atoms with Gasteiger partial charge < -0.3 is 5.11 Å². The molecular formula is C29H48O. The monoisotopic (exact) mass is 412 g/mol. The number of aliphatic hydroxyl groups excluding tert-OH is 1. The van der Waals surface area contributed by atoms with Crippen LogP contribution in [0.5, 0.6) is 0 Å². The molecule has 1 N–H and O–H groups in total. The van der Waals surface area contributed by atoms with Crippen molar-refractivity contribution in [3.63, 3.8) is 0 Å². The van der Waals surface area contributed by atoms with Gasteiger partial charge >= 0.3 is 0 Å². The second-order valence-corrected chi connectivity index (χ2v) is 12.6. The zero-order valence-corrected chi connectivity index (χ0v) is 20.8. The maximum atomic E-state index is 10.5. The van der Waals surface area contributed by atoms with Crippen molar-refractivity contribution in [3.05, 3.63) is 23.3 Å². The van der Waals surface area contributed by atoms with Crippen molar-refractivity contribution in [2.45, 2.75) is 112 Å². The number of hydrogen-bond acceptors (Lipinski definition) is 1. The number of aliphatic hydroxyl groups is 1. The third kappa shape index (κ3) is 3.46. The summed E-state index contributed by atoms with van der Waals surface area (Å²) in [6, 6.07) is 0. The third-order valence-corrected chi connectivity index (χ3v) is 11.0. The first kappa shape index (κ1) is 22.6. The topological polar surface area (TPSA) is 20.2 Å². The Morgan fingerprint density at radius 2 is 1.80 bits per heavy atom. The molecule has 170 valence electrons. The minimum Gasteiger partial charge on any atom is -0.393 e. The Bertz CT molecular complexity index is 701. The van der Waals surface area contributed by atoms with E-state index in [4.69, 9.17) is 0 Å². The molecule has 0 aromatic carbocycles. The summed E-state index contributed by atoms with van der Waals surface area (Å²) in [5.74, 6) is 4.32. The molecule has 0 amide bonds. The highest BCUT2D eigenvalue weighted by Gasteiger charge is 2.56. The van der Waals surface area contributed by atoms with Crippen molar-refractivity contribution in [2.24, 2.45) is 46.3 Å². The molecule has 1 nitrogen and oxygen atoms in total. The van der Waals surface area contributed by atoms with Crippen LogP contribution in [0.3, 0.4) is 0 Å². The Kier molecular flexibility index (Phi) is 6.10. The maximum absolute atomic E-state index is 10.5. The van der Waals surface area contributed by atoms with E-state index in [2.05, 4.69) is 48.1 Å². The lowest BCUT2D eigenvalue weighted by atomic mass is 9.49. The van der Waals surface area contributed by atoms with E-state index >= 15 is 0 Å². The van der Waals surface area contributed by atoms with Crippen LogP contribution in [0.4, 0.5) is 0 Å². The molecule has 0 aromatic rings. The average molecular weight is 413 g/mol. The van der Waals surface area contributed by atoms with Crippen LogP contribution in [-0.4, -0.2) is 11.2 Å². The molecule has 1 heteroatoms. The van der Waals surface area contributed by atoms with E-state index in [0.717, 1.165) is 24.2 Å². The Labute approximate surface area is 186 Å². The average Bonchev–Trinajstić information content (AvgIpc) is 3.06. The molecule has 0 aliphatic heterocycles. The molecule has 0 aromatic heterocycles. The van der Waals surface area contributed by atoms with Crippen LogP contribution in [0.1, 0.15) is 106 Å². The van der Waals surface area contributed by atoms with Crippen molar-refractivity contribution >= 4 is 0 Å². The number of hydrogen-bond donors (Lipinski definition) is 1. The summed E-state index contributed by atoms with van der Waals surface area (Å²) in [7, 11) is 0. The Balaban J connectivity index is 1.54. The summed E-state index contributed by atoms with van der Waals surface area (Å²) in [5.41, 5.74) is 6.08. The largest absolute Gasteiger partial charge is 0.393 e.